The van der Waals surface area contributed by atoms with Crippen molar-refractivity contribution < 1.29 is 9.90 Å². The van der Waals surface area contributed by atoms with Gasteiger partial charge in [-0.05, 0) is 22.6 Å². The molecule has 0 fully saturated rings. The van der Waals surface area contributed by atoms with Crippen LogP contribution in [0.15, 0.2) is 41.8 Å². The molecule has 21 heavy (non-hydrogen) atoms. The fourth-order valence-corrected chi connectivity index (χ4v) is 4.28. The zero-order chi connectivity index (χ0) is 14.7. The normalized spacial score (nSPS) is 20.2. The zero-order valence-electron chi connectivity index (χ0n) is 11.5. The number of hydrogen-bond donors (Lipinski definition) is 2. The predicted octanol–water partition coefficient (Wildman–Crippen LogP) is 2.76. The average molecular weight is 319 g/mol. The number of nitrogens with one attached hydrogen (secondary N) is 1. The summed E-state index contributed by atoms with van der Waals surface area (Å²) in [5.74, 6) is 1.26. The molecule has 0 unspecified atom stereocenters. The molecule has 5 heteroatoms. The van der Waals surface area contributed by atoms with E-state index in [1.807, 2.05) is 35.7 Å². The summed E-state index contributed by atoms with van der Waals surface area (Å²) < 4.78 is 0. The van der Waals surface area contributed by atoms with Gasteiger partial charge in [0, 0.05) is 17.1 Å². The highest BCUT2D eigenvalue weighted by molar-refractivity contribution is 7.99. The summed E-state index contributed by atoms with van der Waals surface area (Å²) in [7, 11) is 0. The van der Waals surface area contributed by atoms with E-state index in [0.717, 1.165) is 16.9 Å². The van der Waals surface area contributed by atoms with Gasteiger partial charge in [-0.2, -0.15) is 0 Å². The standard InChI is InChI=1S/C16H17NO2S2/c18-14-8-11-4-1-2-6-13(11)16(14)17-15(19)10-20-9-12-5-3-7-21-12/h1-7,14,16,18H,8-10H2,(H,17,19)/t14-,16+/m0/s1. The van der Waals surface area contributed by atoms with Crippen molar-refractivity contribution in [1.29, 1.82) is 0 Å². The SMILES string of the molecule is O=C(CSCc1cccs1)N[C@@H]1c2ccccc2C[C@@H]1O. The van der Waals surface area contributed by atoms with E-state index >= 15 is 0 Å². The van der Waals surface area contributed by atoms with Crippen LogP contribution in [0.2, 0.25) is 0 Å². The second-order valence-corrected chi connectivity index (χ2v) is 7.11. The third kappa shape index (κ3) is 3.48. The Bertz CT molecular complexity index is 612. The quantitative estimate of drug-likeness (QED) is 0.891. The van der Waals surface area contributed by atoms with Crippen LogP contribution in [0.5, 0.6) is 0 Å². The first kappa shape index (κ1) is 14.6. The Kier molecular flexibility index (Phi) is 4.63. The van der Waals surface area contributed by atoms with E-state index in [9.17, 15) is 9.90 Å². The lowest BCUT2D eigenvalue weighted by Crippen LogP contribution is -2.34. The molecule has 0 bridgehead atoms. The number of carbonyl (C=O) groups excluding carboxylic acids is 1. The molecule has 1 heterocycles. The lowest BCUT2D eigenvalue weighted by atomic mass is 10.1. The summed E-state index contributed by atoms with van der Waals surface area (Å²) in [6.07, 6.45) is 0.0948. The Morgan fingerprint density at radius 3 is 3.00 bits per heavy atom. The van der Waals surface area contributed by atoms with Crippen molar-refractivity contribution in [2.24, 2.45) is 0 Å². The van der Waals surface area contributed by atoms with E-state index < -0.39 is 6.10 Å². The highest BCUT2D eigenvalue weighted by atomic mass is 32.2. The topological polar surface area (TPSA) is 49.3 Å². The third-order valence-corrected chi connectivity index (χ3v) is 5.62. The molecule has 2 atom stereocenters. The van der Waals surface area contributed by atoms with E-state index in [0.29, 0.717) is 12.2 Å². The smallest absolute Gasteiger partial charge is 0.230 e. The molecule has 0 saturated carbocycles. The van der Waals surface area contributed by atoms with E-state index in [4.69, 9.17) is 0 Å². The minimum absolute atomic E-state index is 0.0164. The monoisotopic (exact) mass is 319 g/mol. The van der Waals surface area contributed by atoms with Crippen LogP contribution < -0.4 is 5.32 Å². The van der Waals surface area contributed by atoms with E-state index in [1.54, 1.807) is 23.1 Å². The Hall–Kier alpha value is -1.30. The first-order chi connectivity index (χ1) is 10.2. The van der Waals surface area contributed by atoms with Gasteiger partial charge in [0.2, 0.25) is 5.91 Å². The second kappa shape index (κ2) is 6.64. The molecular formula is C16H17NO2S2. The molecule has 110 valence electrons. The predicted molar refractivity (Wildman–Crippen MR) is 87.5 cm³/mol. The number of amides is 1. The number of aliphatic hydroxyl groups excluding tert-OH is 1. The lowest BCUT2D eigenvalue weighted by molar-refractivity contribution is -0.120. The van der Waals surface area contributed by atoms with Crippen molar-refractivity contribution in [3.05, 3.63) is 57.8 Å². The molecule has 1 aromatic heterocycles. The van der Waals surface area contributed by atoms with E-state index in [2.05, 4.69) is 11.4 Å². The minimum atomic E-state index is -0.520. The zero-order valence-corrected chi connectivity index (χ0v) is 13.1. The van der Waals surface area contributed by atoms with Gasteiger partial charge in [-0.15, -0.1) is 23.1 Å². The number of fused-ring (bicyclic) bond motifs is 1. The van der Waals surface area contributed by atoms with Crippen LogP contribution in [0.3, 0.4) is 0 Å². The van der Waals surface area contributed by atoms with Gasteiger partial charge in [0.05, 0.1) is 17.9 Å². The lowest BCUT2D eigenvalue weighted by Gasteiger charge is -2.17. The molecule has 0 aliphatic heterocycles. The molecule has 3 rings (SSSR count). The molecule has 1 aliphatic rings. The van der Waals surface area contributed by atoms with Gasteiger partial charge < -0.3 is 10.4 Å². The number of aliphatic hydroxyl groups is 1. The van der Waals surface area contributed by atoms with Gasteiger partial charge in [0.1, 0.15) is 0 Å². The summed E-state index contributed by atoms with van der Waals surface area (Å²) >= 11 is 3.31. The maximum atomic E-state index is 12.0. The van der Waals surface area contributed by atoms with Gasteiger partial charge in [-0.1, -0.05) is 30.3 Å². The minimum Gasteiger partial charge on any atom is -0.390 e. The summed E-state index contributed by atoms with van der Waals surface area (Å²) in [5.41, 5.74) is 2.17. The molecule has 0 saturated heterocycles. The molecule has 2 N–H and O–H groups in total. The molecule has 3 nitrogen and oxygen atoms in total. The van der Waals surface area contributed by atoms with Gasteiger partial charge in [0.25, 0.3) is 0 Å². The van der Waals surface area contributed by atoms with Crippen LogP contribution in [-0.4, -0.2) is 22.9 Å². The molecule has 1 amide bonds. The fraction of sp³-hybridized carbons (Fsp3) is 0.312. The van der Waals surface area contributed by atoms with Crippen molar-refractivity contribution in [2.45, 2.75) is 24.3 Å². The van der Waals surface area contributed by atoms with Gasteiger partial charge in [0.15, 0.2) is 0 Å². The Morgan fingerprint density at radius 1 is 1.33 bits per heavy atom. The van der Waals surface area contributed by atoms with Crippen LogP contribution in [-0.2, 0) is 17.0 Å². The molecular weight excluding hydrogens is 302 g/mol. The van der Waals surface area contributed by atoms with Crippen molar-refractivity contribution in [3.8, 4) is 0 Å². The van der Waals surface area contributed by atoms with E-state index in [1.165, 1.54) is 4.88 Å². The van der Waals surface area contributed by atoms with Crippen molar-refractivity contribution in [1.82, 2.24) is 5.32 Å². The van der Waals surface area contributed by atoms with E-state index in [-0.39, 0.29) is 11.9 Å². The maximum Gasteiger partial charge on any atom is 0.230 e. The van der Waals surface area contributed by atoms with Crippen LogP contribution in [0.1, 0.15) is 22.0 Å². The summed E-state index contributed by atoms with van der Waals surface area (Å²) in [6.45, 7) is 0. The molecule has 1 aliphatic carbocycles. The van der Waals surface area contributed by atoms with Crippen LogP contribution in [0, 0.1) is 0 Å². The molecule has 2 aromatic rings. The number of thioether (sulfide) groups is 1. The number of benzene rings is 1. The molecule has 0 spiro atoms. The molecule has 0 radical (unpaired) electrons. The highest BCUT2D eigenvalue weighted by Gasteiger charge is 2.31. The summed E-state index contributed by atoms with van der Waals surface area (Å²) in [6, 6.07) is 11.7. The summed E-state index contributed by atoms with van der Waals surface area (Å²) in [5, 5.41) is 15.1. The van der Waals surface area contributed by atoms with Crippen LogP contribution >= 0.6 is 23.1 Å². The third-order valence-electron chi connectivity index (χ3n) is 3.58. The number of thiophene rings is 1. The fourth-order valence-electron chi connectivity index (χ4n) is 2.60. The first-order valence-corrected chi connectivity index (χ1v) is 8.93. The van der Waals surface area contributed by atoms with Gasteiger partial charge in [-0.3, -0.25) is 4.79 Å². The Balaban J connectivity index is 1.53. The van der Waals surface area contributed by atoms with Crippen molar-refractivity contribution >= 4 is 29.0 Å². The van der Waals surface area contributed by atoms with Crippen molar-refractivity contribution in [2.75, 3.05) is 5.75 Å². The van der Waals surface area contributed by atoms with Gasteiger partial charge in [-0.25, -0.2) is 0 Å². The van der Waals surface area contributed by atoms with Crippen LogP contribution in [0.4, 0.5) is 0 Å². The second-order valence-electron chi connectivity index (χ2n) is 5.09. The van der Waals surface area contributed by atoms with Gasteiger partial charge >= 0.3 is 0 Å². The number of carbonyl (C=O) groups is 1. The molecule has 1 aromatic carbocycles. The Labute approximate surface area is 132 Å². The number of hydrogen-bond acceptors (Lipinski definition) is 4. The van der Waals surface area contributed by atoms with Crippen molar-refractivity contribution in [3.63, 3.8) is 0 Å². The summed E-state index contributed by atoms with van der Waals surface area (Å²) in [4.78, 5) is 13.3. The first-order valence-electron chi connectivity index (χ1n) is 6.89. The van der Waals surface area contributed by atoms with Crippen LogP contribution in [0.25, 0.3) is 0 Å². The number of rotatable bonds is 5. The largest absolute Gasteiger partial charge is 0.390 e. The maximum absolute atomic E-state index is 12.0. The average Bonchev–Trinajstić information content (AvgIpc) is 3.08. The Morgan fingerprint density at radius 2 is 2.19 bits per heavy atom. The highest BCUT2D eigenvalue weighted by Crippen LogP contribution is 2.31.